The predicted octanol–water partition coefficient (Wildman–Crippen LogP) is 2.49. The number of carbonyl (C=O) groups is 1. The number of aryl methyl sites for hydroxylation is 2. The lowest BCUT2D eigenvalue weighted by Crippen LogP contribution is -2.40. The van der Waals surface area contributed by atoms with Crippen LogP contribution in [0.5, 0.6) is 0 Å². The molecule has 0 aliphatic heterocycles. The highest BCUT2D eigenvalue weighted by Crippen LogP contribution is 2.30. The van der Waals surface area contributed by atoms with Crippen molar-refractivity contribution in [3.8, 4) is 0 Å². The van der Waals surface area contributed by atoms with Gasteiger partial charge in [-0.25, -0.2) is 0 Å². The molecule has 90 valence electrons. The second-order valence-corrected chi connectivity index (χ2v) is 5.48. The van der Waals surface area contributed by atoms with E-state index < -0.39 is 0 Å². The van der Waals surface area contributed by atoms with E-state index in [1.54, 1.807) is 0 Å². The van der Waals surface area contributed by atoms with Gasteiger partial charge in [0.05, 0.1) is 0 Å². The number of rotatable bonds is 2. The van der Waals surface area contributed by atoms with Crippen molar-refractivity contribution < 1.29 is 4.79 Å². The SMILES string of the molecule is NC1CC(C(=O)c2ccc3c(c2)CCCC3)C1. The quantitative estimate of drug-likeness (QED) is 0.792. The lowest BCUT2D eigenvalue weighted by Gasteiger charge is -2.31. The maximum atomic E-state index is 12.2. The van der Waals surface area contributed by atoms with Gasteiger partial charge in [-0.15, -0.1) is 0 Å². The number of hydrogen-bond acceptors (Lipinski definition) is 2. The number of benzene rings is 1. The van der Waals surface area contributed by atoms with Crippen LogP contribution in [0.1, 0.15) is 47.2 Å². The molecule has 0 unspecified atom stereocenters. The first-order valence-electron chi connectivity index (χ1n) is 6.65. The van der Waals surface area contributed by atoms with E-state index in [4.69, 9.17) is 5.73 Å². The zero-order chi connectivity index (χ0) is 11.8. The number of carbonyl (C=O) groups excluding carboxylic acids is 1. The molecule has 1 aromatic rings. The molecule has 2 aliphatic rings. The Labute approximate surface area is 102 Å². The summed E-state index contributed by atoms with van der Waals surface area (Å²) in [6.07, 6.45) is 6.61. The topological polar surface area (TPSA) is 43.1 Å². The Morgan fingerprint density at radius 2 is 1.82 bits per heavy atom. The molecule has 2 nitrogen and oxygen atoms in total. The van der Waals surface area contributed by atoms with Crippen LogP contribution in [-0.4, -0.2) is 11.8 Å². The van der Waals surface area contributed by atoms with Crippen molar-refractivity contribution in [3.05, 3.63) is 34.9 Å². The molecule has 1 saturated carbocycles. The molecule has 0 aromatic heterocycles. The molecule has 2 N–H and O–H groups in total. The molecule has 0 amide bonds. The molecular weight excluding hydrogens is 210 g/mol. The van der Waals surface area contributed by atoms with Gasteiger partial charge >= 0.3 is 0 Å². The minimum absolute atomic E-state index is 0.187. The van der Waals surface area contributed by atoms with Crippen molar-refractivity contribution in [2.45, 2.75) is 44.6 Å². The summed E-state index contributed by atoms with van der Waals surface area (Å²) in [4.78, 5) is 12.2. The zero-order valence-electron chi connectivity index (χ0n) is 10.1. The minimum Gasteiger partial charge on any atom is -0.328 e. The van der Waals surface area contributed by atoms with E-state index in [2.05, 4.69) is 12.1 Å². The second kappa shape index (κ2) is 4.26. The van der Waals surface area contributed by atoms with E-state index in [-0.39, 0.29) is 12.0 Å². The lowest BCUT2D eigenvalue weighted by atomic mass is 9.76. The monoisotopic (exact) mass is 229 g/mol. The Balaban J connectivity index is 1.81. The van der Waals surface area contributed by atoms with Gasteiger partial charge in [-0.05, 0) is 55.7 Å². The van der Waals surface area contributed by atoms with Gasteiger partial charge in [0, 0.05) is 17.5 Å². The van der Waals surface area contributed by atoms with Crippen LogP contribution >= 0.6 is 0 Å². The fourth-order valence-electron chi connectivity index (χ4n) is 3.00. The van der Waals surface area contributed by atoms with Crippen LogP contribution in [0.4, 0.5) is 0 Å². The Morgan fingerprint density at radius 1 is 1.12 bits per heavy atom. The fraction of sp³-hybridized carbons (Fsp3) is 0.533. The molecule has 2 aliphatic carbocycles. The van der Waals surface area contributed by atoms with Gasteiger partial charge in [0.2, 0.25) is 0 Å². The Bertz CT molecular complexity index is 446. The van der Waals surface area contributed by atoms with Gasteiger partial charge in [0.15, 0.2) is 5.78 Å². The van der Waals surface area contributed by atoms with Gasteiger partial charge in [-0.3, -0.25) is 4.79 Å². The highest BCUT2D eigenvalue weighted by molar-refractivity contribution is 5.98. The summed E-state index contributed by atoms with van der Waals surface area (Å²) >= 11 is 0. The number of fused-ring (bicyclic) bond motifs is 1. The average Bonchev–Trinajstić information content (AvgIpc) is 2.33. The summed E-state index contributed by atoms with van der Waals surface area (Å²) < 4.78 is 0. The number of Topliss-reactive ketones (excluding diaryl/α,β-unsaturated/α-hetero) is 1. The summed E-state index contributed by atoms with van der Waals surface area (Å²) in [7, 11) is 0. The van der Waals surface area contributed by atoms with Crippen LogP contribution in [0, 0.1) is 5.92 Å². The maximum absolute atomic E-state index is 12.2. The average molecular weight is 229 g/mol. The predicted molar refractivity (Wildman–Crippen MR) is 68.1 cm³/mol. The van der Waals surface area contributed by atoms with Crippen LogP contribution in [0.25, 0.3) is 0 Å². The molecular formula is C15H19NO. The van der Waals surface area contributed by atoms with Gasteiger partial charge in [-0.2, -0.15) is 0 Å². The van der Waals surface area contributed by atoms with Crippen molar-refractivity contribution in [1.29, 1.82) is 0 Å². The standard InChI is InChI=1S/C15H19NO/c16-14-8-13(9-14)15(17)12-6-5-10-3-1-2-4-11(10)7-12/h5-7,13-14H,1-4,8-9,16H2. The van der Waals surface area contributed by atoms with Crippen LogP contribution < -0.4 is 5.73 Å². The van der Waals surface area contributed by atoms with Crippen molar-refractivity contribution in [3.63, 3.8) is 0 Å². The van der Waals surface area contributed by atoms with Crippen molar-refractivity contribution >= 4 is 5.78 Å². The molecule has 1 aromatic carbocycles. The highest BCUT2D eigenvalue weighted by atomic mass is 16.1. The molecule has 0 radical (unpaired) electrons. The third-order valence-electron chi connectivity index (χ3n) is 4.18. The molecule has 0 saturated heterocycles. The third kappa shape index (κ3) is 2.02. The van der Waals surface area contributed by atoms with Crippen LogP contribution in [0.2, 0.25) is 0 Å². The highest BCUT2D eigenvalue weighted by Gasteiger charge is 2.32. The van der Waals surface area contributed by atoms with E-state index in [9.17, 15) is 4.79 Å². The summed E-state index contributed by atoms with van der Waals surface area (Å²) in [5.41, 5.74) is 9.49. The molecule has 17 heavy (non-hydrogen) atoms. The first-order valence-corrected chi connectivity index (χ1v) is 6.65. The molecule has 0 heterocycles. The van der Waals surface area contributed by atoms with Crippen molar-refractivity contribution in [1.82, 2.24) is 0 Å². The lowest BCUT2D eigenvalue weighted by molar-refractivity contribution is 0.0832. The maximum Gasteiger partial charge on any atom is 0.166 e. The van der Waals surface area contributed by atoms with Gasteiger partial charge < -0.3 is 5.73 Å². The number of ketones is 1. The normalized spacial score (nSPS) is 27.1. The summed E-state index contributed by atoms with van der Waals surface area (Å²) in [6.45, 7) is 0. The molecule has 0 atom stereocenters. The largest absolute Gasteiger partial charge is 0.328 e. The molecule has 2 heteroatoms. The summed E-state index contributed by atoms with van der Waals surface area (Å²) in [5.74, 6) is 0.492. The molecule has 1 fully saturated rings. The fourth-order valence-corrected chi connectivity index (χ4v) is 3.00. The van der Waals surface area contributed by atoms with E-state index in [1.165, 1.54) is 30.4 Å². The van der Waals surface area contributed by atoms with Gasteiger partial charge in [0.1, 0.15) is 0 Å². The van der Waals surface area contributed by atoms with E-state index in [1.807, 2.05) is 6.07 Å². The van der Waals surface area contributed by atoms with Crippen LogP contribution in [-0.2, 0) is 12.8 Å². The molecule has 0 spiro atoms. The second-order valence-electron chi connectivity index (χ2n) is 5.48. The van der Waals surface area contributed by atoms with Crippen molar-refractivity contribution in [2.75, 3.05) is 0 Å². The van der Waals surface area contributed by atoms with E-state index in [0.29, 0.717) is 5.78 Å². The molecule has 0 bridgehead atoms. The Morgan fingerprint density at radius 3 is 2.53 bits per heavy atom. The van der Waals surface area contributed by atoms with Crippen LogP contribution in [0.3, 0.4) is 0 Å². The number of hydrogen-bond donors (Lipinski definition) is 1. The first kappa shape index (κ1) is 11.0. The van der Waals surface area contributed by atoms with Crippen LogP contribution in [0.15, 0.2) is 18.2 Å². The zero-order valence-corrected chi connectivity index (χ0v) is 10.1. The Kier molecular flexibility index (Phi) is 2.75. The number of nitrogens with two attached hydrogens (primary N) is 1. The van der Waals surface area contributed by atoms with E-state index >= 15 is 0 Å². The van der Waals surface area contributed by atoms with E-state index in [0.717, 1.165) is 24.8 Å². The van der Waals surface area contributed by atoms with Crippen molar-refractivity contribution in [2.24, 2.45) is 11.7 Å². The third-order valence-corrected chi connectivity index (χ3v) is 4.18. The van der Waals surface area contributed by atoms with Gasteiger partial charge in [0.25, 0.3) is 0 Å². The van der Waals surface area contributed by atoms with Gasteiger partial charge in [-0.1, -0.05) is 12.1 Å². The summed E-state index contributed by atoms with van der Waals surface area (Å²) in [6, 6.07) is 6.54. The molecule has 3 rings (SSSR count). The summed E-state index contributed by atoms with van der Waals surface area (Å²) in [5, 5.41) is 0. The minimum atomic E-state index is 0.187. The smallest absolute Gasteiger partial charge is 0.166 e. The Hall–Kier alpha value is -1.15. The first-order chi connectivity index (χ1) is 8.24.